The summed E-state index contributed by atoms with van der Waals surface area (Å²) in [6.45, 7) is 3.99. The summed E-state index contributed by atoms with van der Waals surface area (Å²) in [6, 6.07) is 3.36. The van der Waals surface area contributed by atoms with Crippen LogP contribution in [0.4, 0.5) is 10.1 Å². The summed E-state index contributed by atoms with van der Waals surface area (Å²) in [7, 11) is 0. The third-order valence-corrected chi connectivity index (χ3v) is 3.74. The molecule has 0 saturated heterocycles. The Hall–Kier alpha value is -1.20. The van der Waals surface area contributed by atoms with Gasteiger partial charge in [-0.05, 0) is 19.1 Å². The van der Waals surface area contributed by atoms with Crippen molar-refractivity contribution in [2.45, 2.75) is 20.0 Å². The first-order valence-corrected chi connectivity index (χ1v) is 7.12. The molecule has 100 valence electrons. The minimum Gasteiger partial charge on any atom is -0.384 e. The van der Waals surface area contributed by atoms with Gasteiger partial charge in [-0.1, -0.05) is 15.9 Å². The molecule has 0 unspecified atom stereocenters. The fraction of sp³-hybridized carbons (Fsp3) is 0.357. The molecule has 0 amide bonds. The molecule has 0 fully saturated rings. The Labute approximate surface area is 119 Å². The van der Waals surface area contributed by atoms with Crippen LogP contribution in [0, 0.1) is 5.82 Å². The molecule has 3 rings (SSSR count). The van der Waals surface area contributed by atoms with Crippen molar-refractivity contribution in [2.75, 3.05) is 18.5 Å². The quantitative estimate of drug-likeness (QED) is 0.915. The van der Waals surface area contributed by atoms with E-state index in [1.807, 2.05) is 13.0 Å². The van der Waals surface area contributed by atoms with Crippen molar-refractivity contribution in [3.8, 4) is 0 Å². The lowest BCUT2D eigenvalue weighted by Crippen LogP contribution is -2.15. The number of rotatable bonds is 2. The number of nitrogens with zero attached hydrogens (tertiary/aromatic N) is 1. The molecule has 0 aliphatic carbocycles. The van der Waals surface area contributed by atoms with Crippen LogP contribution in [0.25, 0.3) is 10.9 Å². The number of benzene rings is 1. The molecular formula is C14H14BrFN2O. The van der Waals surface area contributed by atoms with Crippen LogP contribution in [0.15, 0.2) is 16.6 Å². The normalized spacial score (nSPS) is 14.5. The summed E-state index contributed by atoms with van der Waals surface area (Å²) >= 11 is 3.34. The van der Waals surface area contributed by atoms with Gasteiger partial charge in [0.05, 0.1) is 24.6 Å². The third kappa shape index (κ3) is 2.21. The molecular weight excluding hydrogens is 311 g/mol. The molecule has 0 atom stereocenters. The van der Waals surface area contributed by atoms with E-state index in [1.54, 1.807) is 0 Å². The first kappa shape index (κ1) is 12.8. The molecule has 1 N–H and O–H groups in total. The van der Waals surface area contributed by atoms with Crippen molar-refractivity contribution in [3.05, 3.63) is 33.7 Å². The van der Waals surface area contributed by atoms with Crippen LogP contribution >= 0.6 is 15.9 Å². The van der Waals surface area contributed by atoms with E-state index in [0.29, 0.717) is 18.7 Å². The standard InChI is InChI=1S/C14H14BrFN2O/c1-2-17-13-9-5-8(15)6-11(16)14(9)18-12-3-4-19-7-10(12)13/h5-6H,2-4,7H2,1H3,(H,17,18). The second-order valence-corrected chi connectivity index (χ2v) is 5.44. The van der Waals surface area contributed by atoms with Gasteiger partial charge in [0, 0.05) is 28.4 Å². The van der Waals surface area contributed by atoms with Gasteiger partial charge in [-0.25, -0.2) is 9.37 Å². The number of hydrogen-bond acceptors (Lipinski definition) is 3. The highest BCUT2D eigenvalue weighted by Crippen LogP contribution is 2.34. The number of halogens is 2. The maximum Gasteiger partial charge on any atom is 0.150 e. The number of fused-ring (bicyclic) bond motifs is 2. The highest BCUT2D eigenvalue weighted by Gasteiger charge is 2.20. The van der Waals surface area contributed by atoms with Gasteiger partial charge in [-0.3, -0.25) is 0 Å². The summed E-state index contributed by atoms with van der Waals surface area (Å²) in [5.41, 5.74) is 3.37. The van der Waals surface area contributed by atoms with E-state index in [2.05, 4.69) is 26.2 Å². The van der Waals surface area contributed by atoms with E-state index < -0.39 is 0 Å². The van der Waals surface area contributed by atoms with Gasteiger partial charge in [0.2, 0.25) is 0 Å². The monoisotopic (exact) mass is 324 g/mol. The molecule has 1 aliphatic rings. The van der Waals surface area contributed by atoms with Crippen molar-refractivity contribution in [1.82, 2.24) is 4.98 Å². The summed E-state index contributed by atoms with van der Waals surface area (Å²) in [5.74, 6) is -0.294. The van der Waals surface area contributed by atoms with Crippen molar-refractivity contribution < 1.29 is 9.13 Å². The predicted octanol–water partition coefficient (Wildman–Crippen LogP) is 3.64. The smallest absolute Gasteiger partial charge is 0.150 e. The Bertz CT molecular complexity index is 645. The van der Waals surface area contributed by atoms with Gasteiger partial charge in [0.1, 0.15) is 5.52 Å². The Morgan fingerprint density at radius 1 is 1.47 bits per heavy atom. The Kier molecular flexibility index (Phi) is 3.41. The van der Waals surface area contributed by atoms with E-state index in [-0.39, 0.29) is 5.82 Å². The maximum atomic E-state index is 14.1. The van der Waals surface area contributed by atoms with Gasteiger partial charge in [-0.15, -0.1) is 0 Å². The van der Waals surface area contributed by atoms with Crippen LogP contribution in [0.5, 0.6) is 0 Å². The summed E-state index contributed by atoms with van der Waals surface area (Å²) in [5, 5.41) is 4.13. The van der Waals surface area contributed by atoms with Crippen LogP contribution in [-0.2, 0) is 17.8 Å². The molecule has 0 saturated carbocycles. The average Bonchev–Trinajstić information content (AvgIpc) is 2.40. The van der Waals surface area contributed by atoms with Crippen LogP contribution in [0.2, 0.25) is 0 Å². The molecule has 5 heteroatoms. The fourth-order valence-corrected chi connectivity index (χ4v) is 2.89. The van der Waals surface area contributed by atoms with Gasteiger partial charge < -0.3 is 10.1 Å². The van der Waals surface area contributed by atoms with Crippen molar-refractivity contribution >= 4 is 32.5 Å². The number of anilines is 1. The second kappa shape index (κ2) is 5.06. The zero-order valence-corrected chi connectivity index (χ0v) is 12.2. The number of hydrogen-bond donors (Lipinski definition) is 1. The molecule has 19 heavy (non-hydrogen) atoms. The van der Waals surface area contributed by atoms with Crippen molar-refractivity contribution in [2.24, 2.45) is 0 Å². The summed E-state index contributed by atoms with van der Waals surface area (Å²) in [4.78, 5) is 4.48. The van der Waals surface area contributed by atoms with E-state index in [4.69, 9.17) is 4.74 Å². The van der Waals surface area contributed by atoms with Gasteiger partial charge in [-0.2, -0.15) is 0 Å². The Morgan fingerprint density at radius 2 is 2.32 bits per heavy atom. The summed E-state index contributed by atoms with van der Waals surface area (Å²) in [6.07, 6.45) is 0.735. The predicted molar refractivity (Wildman–Crippen MR) is 76.9 cm³/mol. The van der Waals surface area contributed by atoms with Crippen LogP contribution < -0.4 is 5.32 Å². The lowest BCUT2D eigenvalue weighted by Gasteiger charge is -2.21. The summed E-state index contributed by atoms with van der Waals surface area (Å²) < 4.78 is 20.3. The number of ether oxygens (including phenoxy) is 1. The van der Waals surface area contributed by atoms with Crippen LogP contribution in [0.3, 0.4) is 0 Å². The van der Waals surface area contributed by atoms with Gasteiger partial charge in [0.25, 0.3) is 0 Å². The van der Waals surface area contributed by atoms with Crippen molar-refractivity contribution in [1.29, 1.82) is 0 Å². The van der Waals surface area contributed by atoms with E-state index in [0.717, 1.165) is 39.8 Å². The van der Waals surface area contributed by atoms with E-state index >= 15 is 0 Å². The largest absolute Gasteiger partial charge is 0.384 e. The topological polar surface area (TPSA) is 34.2 Å². The lowest BCUT2D eigenvalue weighted by molar-refractivity contribution is 0.110. The van der Waals surface area contributed by atoms with Crippen molar-refractivity contribution in [3.63, 3.8) is 0 Å². The molecule has 0 bridgehead atoms. The molecule has 2 aromatic rings. The van der Waals surface area contributed by atoms with E-state index in [1.165, 1.54) is 6.07 Å². The first-order valence-electron chi connectivity index (χ1n) is 6.32. The fourth-order valence-electron chi connectivity index (χ4n) is 2.46. The Morgan fingerprint density at radius 3 is 3.11 bits per heavy atom. The van der Waals surface area contributed by atoms with E-state index in [9.17, 15) is 4.39 Å². The highest BCUT2D eigenvalue weighted by atomic mass is 79.9. The number of nitrogens with one attached hydrogen (secondary N) is 1. The molecule has 0 spiro atoms. The molecule has 3 nitrogen and oxygen atoms in total. The third-order valence-electron chi connectivity index (χ3n) is 3.28. The van der Waals surface area contributed by atoms with Crippen LogP contribution in [0.1, 0.15) is 18.2 Å². The second-order valence-electron chi connectivity index (χ2n) is 4.53. The molecule has 1 aromatic carbocycles. The van der Waals surface area contributed by atoms with Crippen LogP contribution in [-0.4, -0.2) is 18.1 Å². The zero-order chi connectivity index (χ0) is 13.4. The molecule has 0 radical (unpaired) electrons. The zero-order valence-electron chi connectivity index (χ0n) is 10.6. The average molecular weight is 325 g/mol. The van der Waals surface area contributed by atoms with Gasteiger partial charge in [0.15, 0.2) is 5.82 Å². The SMILES string of the molecule is CCNc1c2c(nc3c(F)cc(Br)cc13)CCOC2. The maximum absolute atomic E-state index is 14.1. The molecule has 2 heterocycles. The lowest BCUT2D eigenvalue weighted by atomic mass is 10.0. The number of pyridine rings is 1. The number of aromatic nitrogens is 1. The molecule has 1 aliphatic heterocycles. The first-order chi connectivity index (χ1) is 9.20. The minimum absolute atomic E-state index is 0.294. The minimum atomic E-state index is -0.294. The van der Waals surface area contributed by atoms with Gasteiger partial charge >= 0.3 is 0 Å². The highest BCUT2D eigenvalue weighted by molar-refractivity contribution is 9.10. The molecule has 1 aromatic heterocycles. The Balaban J connectivity index is 2.35.